The zero-order valence-electron chi connectivity index (χ0n) is 12.1. The summed E-state index contributed by atoms with van der Waals surface area (Å²) in [4.78, 5) is 2.52. The van der Waals surface area contributed by atoms with Crippen LogP contribution in [0.4, 0.5) is 0 Å². The second kappa shape index (κ2) is 6.79. The minimum atomic E-state index is 0.136. The van der Waals surface area contributed by atoms with Crippen molar-refractivity contribution in [1.29, 1.82) is 0 Å². The number of benzene rings is 2. The van der Waals surface area contributed by atoms with Crippen LogP contribution in [0.5, 0.6) is 0 Å². The van der Waals surface area contributed by atoms with Gasteiger partial charge in [-0.2, -0.15) is 0 Å². The Balaban J connectivity index is 2.06. The third kappa shape index (κ3) is 4.97. The molecule has 0 radical (unpaired) electrons. The number of halogens is 1. The molecule has 0 aliphatic heterocycles. The van der Waals surface area contributed by atoms with E-state index in [-0.39, 0.29) is 5.54 Å². The van der Waals surface area contributed by atoms with Crippen molar-refractivity contribution in [2.75, 3.05) is 0 Å². The van der Waals surface area contributed by atoms with E-state index in [0.29, 0.717) is 0 Å². The van der Waals surface area contributed by atoms with Crippen LogP contribution >= 0.6 is 27.7 Å². The summed E-state index contributed by atoms with van der Waals surface area (Å²) in [7, 11) is 0. The lowest BCUT2D eigenvalue weighted by Crippen LogP contribution is -2.35. The molecule has 1 nitrogen and oxygen atoms in total. The Morgan fingerprint density at radius 3 is 2.30 bits per heavy atom. The molecule has 0 bridgehead atoms. The molecule has 2 rings (SSSR count). The first-order valence-electron chi connectivity index (χ1n) is 6.70. The summed E-state index contributed by atoms with van der Waals surface area (Å²) in [6, 6.07) is 17.0. The Morgan fingerprint density at radius 1 is 1.00 bits per heavy atom. The van der Waals surface area contributed by atoms with Crippen molar-refractivity contribution in [2.24, 2.45) is 0 Å². The normalized spacial score (nSPS) is 11.6. The number of hydrogen-bond acceptors (Lipinski definition) is 2. The van der Waals surface area contributed by atoms with Gasteiger partial charge in [0.15, 0.2) is 0 Å². The van der Waals surface area contributed by atoms with Crippen LogP contribution in [0.1, 0.15) is 26.3 Å². The van der Waals surface area contributed by atoms with Crippen LogP contribution in [0, 0.1) is 0 Å². The highest BCUT2D eigenvalue weighted by atomic mass is 79.9. The first kappa shape index (κ1) is 15.6. The molecule has 0 saturated heterocycles. The molecule has 0 atom stereocenters. The SMILES string of the molecule is CC(C)(C)NCc1ccc(Sc2ccccc2)cc1Br. The molecule has 3 heteroatoms. The predicted octanol–water partition coefficient (Wildman–Crippen LogP) is 5.49. The largest absolute Gasteiger partial charge is 0.308 e. The molecule has 0 spiro atoms. The summed E-state index contributed by atoms with van der Waals surface area (Å²) in [5, 5.41) is 3.51. The van der Waals surface area contributed by atoms with Crippen molar-refractivity contribution < 1.29 is 0 Å². The third-order valence-electron chi connectivity index (χ3n) is 2.81. The Morgan fingerprint density at radius 2 is 1.70 bits per heavy atom. The molecule has 0 aliphatic rings. The van der Waals surface area contributed by atoms with Gasteiger partial charge in [-0.15, -0.1) is 0 Å². The smallest absolute Gasteiger partial charge is 0.0231 e. The van der Waals surface area contributed by atoms with Crippen LogP contribution < -0.4 is 5.32 Å². The van der Waals surface area contributed by atoms with Gasteiger partial charge in [-0.25, -0.2) is 0 Å². The maximum absolute atomic E-state index is 3.67. The summed E-state index contributed by atoms with van der Waals surface area (Å²) in [6.07, 6.45) is 0. The third-order valence-corrected chi connectivity index (χ3v) is 4.55. The maximum atomic E-state index is 3.67. The standard InChI is InChI=1S/C17H20BrNS/c1-17(2,3)19-12-13-9-10-15(11-16(13)18)20-14-7-5-4-6-8-14/h4-11,19H,12H2,1-3H3. The second-order valence-corrected chi connectivity index (χ2v) is 7.77. The molecule has 2 aromatic rings. The molecule has 2 aromatic carbocycles. The molecular formula is C17H20BrNS. The topological polar surface area (TPSA) is 12.0 Å². The van der Waals surface area contributed by atoms with Gasteiger partial charge in [-0.1, -0.05) is 52.0 Å². The van der Waals surface area contributed by atoms with E-state index in [1.165, 1.54) is 15.4 Å². The lowest BCUT2D eigenvalue weighted by atomic mass is 10.1. The Kier molecular flexibility index (Phi) is 5.30. The number of hydrogen-bond donors (Lipinski definition) is 1. The van der Waals surface area contributed by atoms with E-state index in [1.807, 2.05) is 6.07 Å². The van der Waals surface area contributed by atoms with Crippen LogP contribution in [0.3, 0.4) is 0 Å². The van der Waals surface area contributed by atoms with Gasteiger partial charge in [-0.05, 0) is 50.6 Å². The van der Waals surface area contributed by atoms with E-state index in [0.717, 1.165) is 11.0 Å². The van der Waals surface area contributed by atoms with Crippen molar-refractivity contribution in [3.8, 4) is 0 Å². The van der Waals surface area contributed by atoms with Crippen LogP contribution in [-0.2, 0) is 6.54 Å². The summed E-state index contributed by atoms with van der Waals surface area (Å²) >= 11 is 5.46. The molecule has 0 aromatic heterocycles. The van der Waals surface area contributed by atoms with Gasteiger partial charge in [0, 0.05) is 26.3 Å². The summed E-state index contributed by atoms with van der Waals surface area (Å²) in [6.45, 7) is 7.42. The van der Waals surface area contributed by atoms with Crippen LogP contribution in [0.25, 0.3) is 0 Å². The number of nitrogens with one attached hydrogen (secondary N) is 1. The summed E-state index contributed by atoms with van der Waals surface area (Å²) in [5.74, 6) is 0. The van der Waals surface area contributed by atoms with Crippen molar-refractivity contribution in [3.63, 3.8) is 0 Å². The molecule has 0 unspecified atom stereocenters. The van der Waals surface area contributed by atoms with Gasteiger partial charge in [0.2, 0.25) is 0 Å². The van der Waals surface area contributed by atoms with E-state index in [4.69, 9.17) is 0 Å². The highest BCUT2D eigenvalue weighted by Gasteiger charge is 2.10. The van der Waals surface area contributed by atoms with Gasteiger partial charge in [0.25, 0.3) is 0 Å². The van der Waals surface area contributed by atoms with Gasteiger partial charge in [0.05, 0.1) is 0 Å². The molecule has 0 amide bonds. The van der Waals surface area contributed by atoms with Crippen LogP contribution in [0.2, 0.25) is 0 Å². The lowest BCUT2D eigenvalue weighted by Gasteiger charge is -2.21. The van der Waals surface area contributed by atoms with Crippen LogP contribution in [0.15, 0.2) is 62.8 Å². The van der Waals surface area contributed by atoms with E-state index in [1.54, 1.807) is 11.8 Å². The van der Waals surface area contributed by atoms with E-state index in [2.05, 4.69) is 84.5 Å². The molecule has 0 heterocycles. The fourth-order valence-electron chi connectivity index (χ4n) is 1.72. The fraction of sp³-hybridized carbons (Fsp3) is 0.294. The van der Waals surface area contributed by atoms with Gasteiger partial charge < -0.3 is 5.32 Å². The molecule has 0 aliphatic carbocycles. The summed E-state index contributed by atoms with van der Waals surface area (Å²) in [5.41, 5.74) is 1.43. The van der Waals surface area contributed by atoms with Gasteiger partial charge in [0.1, 0.15) is 0 Å². The minimum Gasteiger partial charge on any atom is -0.308 e. The molecular weight excluding hydrogens is 330 g/mol. The highest BCUT2D eigenvalue weighted by molar-refractivity contribution is 9.10. The maximum Gasteiger partial charge on any atom is 0.0231 e. The van der Waals surface area contributed by atoms with Gasteiger partial charge in [-0.3, -0.25) is 0 Å². The first-order chi connectivity index (χ1) is 9.44. The molecule has 20 heavy (non-hydrogen) atoms. The van der Waals surface area contributed by atoms with Crippen molar-refractivity contribution in [1.82, 2.24) is 5.32 Å². The minimum absolute atomic E-state index is 0.136. The zero-order chi connectivity index (χ0) is 14.6. The molecule has 106 valence electrons. The van der Waals surface area contributed by atoms with E-state index >= 15 is 0 Å². The Hall–Kier alpha value is -0.770. The van der Waals surface area contributed by atoms with Crippen molar-refractivity contribution in [3.05, 3.63) is 58.6 Å². The summed E-state index contributed by atoms with van der Waals surface area (Å²) < 4.78 is 1.16. The fourth-order valence-corrected chi connectivity index (χ4v) is 3.27. The first-order valence-corrected chi connectivity index (χ1v) is 8.31. The molecule has 0 fully saturated rings. The van der Waals surface area contributed by atoms with Gasteiger partial charge >= 0.3 is 0 Å². The predicted molar refractivity (Wildman–Crippen MR) is 91.3 cm³/mol. The second-order valence-electron chi connectivity index (χ2n) is 5.77. The molecule has 0 saturated carbocycles. The lowest BCUT2D eigenvalue weighted by molar-refractivity contribution is 0.424. The van der Waals surface area contributed by atoms with E-state index < -0.39 is 0 Å². The van der Waals surface area contributed by atoms with Crippen molar-refractivity contribution in [2.45, 2.75) is 42.6 Å². The monoisotopic (exact) mass is 349 g/mol. The average molecular weight is 350 g/mol. The molecule has 1 N–H and O–H groups in total. The number of rotatable bonds is 4. The average Bonchev–Trinajstić information content (AvgIpc) is 2.38. The van der Waals surface area contributed by atoms with E-state index in [9.17, 15) is 0 Å². The van der Waals surface area contributed by atoms with Crippen LogP contribution in [-0.4, -0.2) is 5.54 Å². The quantitative estimate of drug-likeness (QED) is 0.783. The zero-order valence-corrected chi connectivity index (χ0v) is 14.5. The van der Waals surface area contributed by atoms with Crippen molar-refractivity contribution >= 4 is 27.7 Å². The highest BCUT2D eigenvalue weighted by Crippen LogP contribution is 2.30. The Bertz CT molecular complexity index is 561. The Labute approximate surface area is 134 Å².